The normalized spacial score (nSPS) is 12.3. The maximum absolute atomic E-state index is 11.7. The van der Waals surface area contributed by atoms with Crippen LogP contribution in [0, 0.1) is 0 Å². The Kier molecular flexibility index (Phi) is 4.53. The summed E-state index contributed by atoms with van der Waals surface area (Å²) >= 11 is 0. The summed E-state index contributed by atoms with van der Waals surface area (Å²) in [5, 5.41) is 5.56. The number of carbonyl (C=O) groups is 1. The van der Waals surface area contributed by atoms with Gasteiger partial charge in [0.1, 0.15) is 0 Å². The standard InChI is InChI=1S/C16H19NO2/c1-3-19-16(18)11-15(17-2)14-10-6-8-12-7-4-5-9-13(12)14/h4-10,15,17H,3,11H2,1-2H3. The number of carbonyl (C=O) groups excluding carboxylic acids is 1. The molecule has 2 aromatic rings. The third kappa shape index (κ3) is 3.12. The molecular formula is C16H19NO2. The largest absolute Gasteiger partial charge is 0.466 e. The Balaban J connectivity index is 2.32. The van der Waals surface area contributed by atoms with Gasteiger partial charge in [-0.1, -0.05) is 42.5 Å². The molecule has 2 aromatic carbocycles. The lowest BCUT2D eigenvalue weighted by atomic mass is 9.97. The molecule has 0 amide bonds. The molecule has 0 bridgehead atoms. The van der Waals surface area contributed by atoms with Crippen molar-refractivity contribution in [2.45, 2.75) is 19.4 Å². The molecule has 1 N–H and O–H groups in total. The van der Waals surface area contributed by atoms with E-state index in [1.807, 2.05) is 32.2 Å². The fourth-order valence-corrected chi connectivity index (χ4v) is 2.31. The van der Waals surface area contributed by atoms with E-state index >= 15 is 0 Å². The second kappa shape index (κ2) is 6.34. The average Bonchev–Trinajstić information content (AvgIpc) is 2.44. The minimum Gasteiger partial charge on any atom is -0.466 e. The molecular weight excluding hydrogens is 238 g/mol. The van der Waals surface area contributed by atoms with Crippen LogP contribution in [0.5, 0.6) is 0 Å². The Morgan fingerprint density at radius 1 is 1.21 bits per heavy atom. The fraction of sp³-hybridized carbons (Fsp3) is 0.312. The number of rotatable bonds is 5. The molecule has 0 spiro atoms. The van der Waals surface area contributed by atoms with Gasteiger partial charge in [0.25, 0.3) is 0 Å². The quantitative estimate of drug-likeness (QED) is 0.837. The summed E-state index contributed by atoms with van der Waals surface area (Å²) in [6, 6.07) is 14.3. The number of nitrogens with one attached hydrogen (secondary N) is 1. The van der Waals surface area contributed by atoms with Gasteiger partial charge in [0.15, 0.2) is 0 Å². The van der Waals surface area contributed by atoms with Crippen molar-refractivity contribution in [2.24, 2.45) is 0 Å². The first-order valence-corrected chi connectivity index (χ1v) is 6.56. The summed E-state index contributed by atoms with van der Waals surface area (Å²) in [6.07, 6.45) is 0.346. The Hall–Kier alpha value is -1.87. The zero-order valence-electron chi connectivity index (χ0n) is 11.3. The van der Waals surface area contributed by atoms with E-state index in [1.165, 1.54) is 10.8 Å². The number of esters is 1. The highest BCUT2D eigenvalue weighted by atomic mass is 16.5. The Morgan fingerprint density at radius 3 is 2.68 bits per heavy atom. The molecule has 0 saturated heterocycles. The molecule has 19 heavy (non-hydrogen) atoms. The molecule has 0 aromatic heterocycles. The average molecular weight is 257 g/mol. The topological polar surface area (TPSA) is 38.3 Å². The maximum atomic E-state index is 11.7. The van der Waals surface area contributed by atoms with Gasteiger partial charge in [-0.25, -0.2) is 0 Å². The van der Waals surface area contributed by atoms with Crippen LogP contribution in [0.1, 0.15) is 24.9 Å². The van der Waals surface area contributed by atoms with Gasteiger partial charge in [0.05, 0.1) is 13.0 Å². The van der Waals surface area contributed by atoms with E-state index < -0.39 is 0 Å². The summed E-state index contributed by atoms with van der Waals surface area (Å²) in [7, 11) is 1.87. The molecule has 3 heteroatoms. The van der Waals surface area contributed by atoms with E-state index in [4.69, 9.17) is 4.74 Å². The Bertz CT molecular complexity index is 560. The number of benzene rings is 2. The molecule has 0 fully saturated rings. The molecule has 0 aliphatic heterocycles. The predicted octanol–water partition coefficient (Wildman–Crippen LogP) is 3.05. The lowest BCUT2D eigenvalue weighted by Gasteiger charge is -2.18. The minimum absolute atomic E-state index is 0.0230. The van der Waals surface area contributed by atoms with Crippen LogP contribution in [0.4, 0.5) is 0 Å². The zero-order valence-corrected chi connectivity index (χ0v) is 11.3. The predicted molar refractivity (Wildman–Crippen MR) is 77.0 cm³/mol. The van der Waals surface area contributed by atoms with Crippen molar-refractivity contribution in [2.75, 3.05) is 13.7 Å². The first-order valence-electron chi connectivity index (χ1n) is 6.56. The van der Waals surface area contributed by atoms with Gasteiger partial charge >= 0.3 is 5.97 Å². The summed E-state index contributed by atoms with van der Waals surface area (Å²) in [5.41, 5.74) is 1.13. The van der Waals surface area contributed by atoms with Gasteiger partial charge in [-0.05, 0) is 30.3 Å². The first kappa shape index (κ1) is 13.6. The van der Waals surface area contributed by atoms with E-state index in [0.29, 0.717) is 13.0 Å². The number of fused-ring (bicyclic) bond motifs is 1. The van der Waals surface area contributed by atoms with Crippen LogP contribution in [0.2, 0.25) is 0 Å². The van der Waals surface area contributed by atoms with Crippen molar-refractivity contribution in [3.05, 3.63) is 48.0 Å². The summed E-state index contributed by atoms with van der Waals surface area (Å²) in [5.74, 6) is -0.171. The maximum Gasteiger partial charge on any atom is 0.307 e. The molecule has 0 aliphatic carbocycles. The molecule has 2 rings (SSSR count). The monoisotopic (exact) mass is 257 g/mol. The molecule has 1 unspecified atom stereocenters. The zero-order chi connectivity index (χ0) is 13.7. The number of hydrogen-bond donors (Lipinski definition) is 1. The fourth-order valence-electron chi connectivity index (χ4n) is 2.31. The minimum atomic E-state index is -0.171. The second-order valence-electron chi connectivity index (χ2n) is 4.42. The SMILES string of the molecule is CCOC(=O)CC(NC)c1cccc2ccccc12. The number of ether oxygens (including phenoxy) is 1. The van der Waals surface area contributed by atoms with Crippen molar-refractivity contribution in [3.63, 3.8) is 0 Å². The highest BCUT2D eigenvalue weighted by molar-refractivity contribution is 5.86. The van der Waals surface area contributed by atoms with Crippen molar-refractivity contribution >= 4 is 16.7 Å². The smallest absolute Gasteiger partial charge is 0.307 e. The summed E-state index contributed by atoms with van der Waals surface area (Å²) in [4.78, 5) is 11.7. The summed E-state index contributed by atoms with van der Waals surface area (Å²) in [6.45, 7) is 2.25. The van der Waals surface area contributed by atoms with Crippen LogP contribution in [0.15, 0.2) is 42.5 Å². The van der Waals surface area contributed by atoms with E-state index in [2.05, 4.69) is 29.6 Å². The molecule has 3 nitrogen and oxygen atoms in total. The Labute approximate surface area is 113 Å². The third-order valence-electron chi connectivity index (χ3n) is 3.22. The van der Waals surface area contributed by atoms with E-state index in [0.717, 1.165) is 5.56 Å². The third-order valence-corrected chi connectivity index (χ3v) is 3.22. The Morgan fingerprint density at radius 2 is 1.95 bits per heavy atom. The van der Waals surface area contributed by atoms with Crippen molar-refractivity contribution in [3.8, 4) is 0 Å². The van der Waals surface area contributed by atoms with E-state index in [9.17, 15) is 4.79 Å². The van der Waals surface area contributed by atoms with Crippen LogP contribution in [0.3, 0.4) is 0 Å². The highest BCUT2D eigenvalue weighted by Crippen LogP contribution is 2.26. The lowest BCUT2D eigenvalue weighted by Crippen LogP contribution is -2.21. The van der Waals surface area contributed by atoms with Gasteiger partial charge in [0, 0.05) is 6.04 Å². The van der Waals surface area contributed by atoms with Gasteiger partial charge in [0.2, 0.25) is 0 Å². The van der Waals surface area contributed by atoms with Crippen LogP contribution in [-0.2, 0) is 9.53 Å². The second-order valence-corrected chi connectivity index (χ2v) is 4.42. The van der Waals surface area contributed by atoms with Crippen LogP contribution < -0.4 is 5.32 Å². The van der Waals surface area contributed by atoms with Gasteiger partial charge in [-0.2, -0.15) is 0 Å². The van der Waals surface area contributed by atoms with Gasteiger partial charge < -0.3 is 10.1 Å². The molecule has 0 saturated carbocycles. The van der Waals surface area contributed by atoms with Gasteiger partial charge in [-0.3, -0.25) is 4.79 Å². The molecule has 0 aliphatic rings. The molecule has 0 radical (unpaired) electrons. The lowest BCUT2D eigenvalue weighted by molar-refractivity contribution is -0.143. The molecule has 1 atom stereocenters. The van der Waals surface area contributed by atoms with Crippen LogP contribution in [-0.4, -0.2) is 19.6 Å². The van der Waals surface area contributed by atoms with Gasteiger partial charge in [-0.15, -0.1) is 0 Å². The highest BCUT2D eigenvalue weighted by Gasteiger charge is 2.16. The van der Waals surface area contributed by atoms with Crippen molar-refractivity contribution in [1.29, 1.82) is 0 Å². The summed E-state index contributed by atoms with van der Waals surface area (Å²) < 4.78 is 5.03. The van der Waals surface area contributed by atoms with Crippen LogP contribution in [0.25, 0.3) is 10.8 Å². The van der Waals surface area contributed by atoms with Crippen LogP contribution >= 0.6 is 0 Å². The van der Waals surface area contributed by atoms with E-state index in [-0.39, 0.29) is 12.0 Å². The molecule has 0 heterocycles. The first-order chi connectivity index (χ1) is 9.26. The number of hydrogen-bond acceptors (Lipinski definition) is 3. The van der Waals surface area contributed by atoms with E-state index in [1.54, 1.807) is 0 Å². The van der Waals surface area contributed by atoms with Crippen molar-refractivity contribution in [1.82, 2.24) is 5.32 Å². The molecule has 100 valence electrons. The van der Waals surface area contributed by atoms with Crippen molar-refractivity contribution < 1.29 is 9.53 Å².